The van der Waals surface area contributed by atoms with Crippen molar-refractivity contribution in [2.75, 3.05) is 11.9 Å². The van der Waals surface area contributed by atoms with E-state index in [-0.39, 0.29) is 5.75 Å². The largest absolute Gasteiger partial charge is 0.482 e. The summed E-state index contributed by atoms with van der Waals surface area (Å²) >= 11 is 6.18. The van der Waals surface area contributed by atoms with E-state index < -0.39 is 35.7 Å². The maximum absolute atomic E-state index is 13.6. The van der Waals surface area contributed by atoms with Crippen molar-refractivity contribution in [3.63, 3.8) is 0 Å². The quantitative estimate of drug-likeness (QED) is 0.588. The first kappa shape index (κ1) is 18.8. The molecule has 0 aliphatic rings. The molecule has 0 heterocycles. The number of amides is 1. The molecule has 0 unspecified atom stereocenters. The third-order valence-electron chi connectivity index (χ3n) is 3.71. The molecule has 3 aromatic rings. The van der Waals surface area contributed by atoms with Gasteiger partial charge in [-0.05, 0) is 35.4 Å². The van der Waals surface area contributed by atoms with Crippen LogP contribution in [0.3, 0.4) is 0 Å². The minimum Gasteiger partial charge on any atom is -0.482 e. The smallest absolute Gasteiger partial charge is 0.262 e. The Morgan fingerprint density at radius 2 is 1.67 bits per heavy atom. The van der Waals surface area contributed by atoms with Crippen LogP contribution in [0.1, 0.15) is 0 Å². The third-order valence-corrected chi connectivity index (χ3v) is 4.00. The highest BCUT2D eigenvalue weighted by Gasteiger charge is 2.15. The van der Waals surface area contributed by atoms with Crippen LogP contribution in [0.15, 0.2) is 60.7 Å². The molecule has 0 aliphatic heterocycles. The summed E-state index contributed by atoms with van der Waals surface area (Å²) in [7, 11) is 0. The van der Waals surface area contributed by atoms with Crippen molar-refractivity contribution in [1.29, 1.82) is 0 Å². The molecule has 1 N–H and O–H groups in total. The van der Waals surface area contributed by atoms with Crippen molar-refractivity contribution in [2.24, 2.45) is 0 Å². The molecule has 0 fully saturated rings. The second kappa shape index (κ2) is 8.14. The van der Waals surface area contributed by atoms with E-state index in [2.05, 4.69) is 5.32 Å². The summed E-state index contributed by atoms with van der Waals surface area (Å²) in [4.78, 5) is 11.9. The van der Waals surface area contributed by atoms with Crippen LogP contribution in [0.25, 0.3) is 11.1 Å². The fourth-order valence-corrected chi connectivity index (χ4v) is 2.62. The molecule has 3 rings (SSSR count). The van der Waals surface area contributed by atoms with Gasteiger partial charge in [-0.15, -0.1) is 0 Å². The fraction of sp³-hybridized carbons (Fsp3) is 0.0500. The van der Waals surface area contributed by atoms with Crippen molar-refractivity contribution in [2.45, 2.75) is 0 Å². The molecule has 3 nitrogen and oxygen atoms in total. The number of nitrogens with one attached hydrogen (secondary N) is 1. The van der Waals surface area contributed by atoms with Gasteiger partial charge in [-0.3, -0.25) is 4.79 Å². The maximum Gasteiger partial charge on any atom is 0.262 e. The molecule has 0 atom stereocenters. The summed E-state index contributed by atoms with van der Waals surface area (Å²) in [6, 6.07) is 16.3. The zero-order chi connectivity index (χ0) is 19.4. The number of carbonyl (C=O) groups is 1. The van der Waals surface area contributed by atoms with Gasteiger partial charge in [-0.2, -0.15) is 0 Å². The summed E-state index contributed by atoms with van der Waals surface area (Å²) in [5.74, 6) is -4.96. The normalized spacial score (nSPS) is 10.5. The third kappa shape index (κ3) is 4.41. The van der Waals surface area contributed by atoms with Crippen molar-refractivity contribution in [3.05, 3.63) is 83.1 Å². The predicted molar refractivity (Wildman–Crippen MR) is 97.3 cm³/mol. The summed E-state index contributed by atoms with van der Waals surface area (Å²) in [6.07, 6.45) is 0. The van der Waals surface area contributed by atoms with Gasteiger partial charge >= 0.3 is 0 Å². The summed E-state index contributed by atoms with van der Waals surface area (Å²) in [5.41, 5.74) is 1.37. The first-order valence-corrected chi connectivity index (χ1v) is 8.24. The number of halogens is 4. The van der Waals surface area contributed by atoms with E-state index in [0.717, 1.165) is 17.2 Å². The van der Waals surface area contributed by atoms with Gasteiger partial charge in [0.05, 0.1) is 10.7 Å². The van der Waals surface area contributed by atoms with Gasteiger partial charge in [-0.1, -0.05) is 48.0 Å². The molecule has 1 amide bonds. The van der Waals surface area contributed by atoms with Crippen LogP contribution in [0.4, 0.5) is 18.9 Å². The molecule has 0 aromatic heterocycles. The molecule has 0 bridgehead atoms. The number of hydrogen-bond donors (Lipinski definition) is 1. The molecular weight excluding hydrogens is 379 g/mol. The summed E-state index contributed by atoms with van der Waals surface area (Å²) in [6.45, 7) is -0.483. The SMILES string of the molecule is O=C(COc1ccc(-c2ccccc2)cc1Cl)Nc1ccc(F)c(F)c1F. The Morgan fingerprint density at radius 3 is 2.37 bits per heavy atom. The van der Waals surface area contributed by atoms with Crippen LogP contribution >= 0.6 is 11.6 Å². The molecule has 0 saturated heterocycles. The van der Waals surface area contributed by atoms with Gasteiger partial charge < -0.3 is 10.1 Å². The van der Waals surface area contributed by atoms with Crippen molar-refractivity contribution in [1.82, 2.24) is 0 Å². The zero-order valence-electron chi connectivity index (χ0n) is 13.8. The van der Waals surface area contributed by atoms with E-state index in [9.17, 15) is 18.0 Å². The van der Waals surface area contributed by atoms with Crippen molar-refractivity contribution >= 4 is 23.2 Å². The second-order valence-electron chi connectivity index (χ2n) is 5.57. The van der Waals surface area contributed by atoms with Crippen LogP contribution in [0.2, 0.25) is 5.02 Å². The van der Waals surface area contributed by atoms with Gasteiger partial charge in [0.15, 0.2) is 24.1 Å². The Morgan fingerprint density at radius 1 is 0.926 bits per heavy atom. The van der Waals surface area contributed by atoms with Crippen molar-refractivity contribution in [3.8, 4) is 16.9 Å². The molecule has 27 heavy (non-hydrogen) atoms. The Labute approximate surface area is 158 Å². The monoisotopic (exact) mass is 391 g/mol. The molecule has 0 spiro atoms. The first-order valence-electron chi connectivity index (χ1n) is 7.87. The van der Waals surface area contributed by atoms with Crippen LogP contribution in [0, 0.1) is 17.5 Å². The number of ether oxygens (including phenoxy) is 1. The highest BCUT2D eigenvalue weighted by molar-refractivity contribution is 6.32. The van der Waals surface area contributed by atoms with Gasteiger partial charge in [0, 0.05) is 0 Å². The number of benzene rings is 3. The number of anilines is 1. The van der Waals surface area contributed by atoms with E-state index in [1.54, 1.807) is 18.2 Å². The van der Waals surface area contributed by atoms with E-state index in [4.69, 9.17) is 16.3 Å². The maximum atomic E-state index is 13.6. The minimum atomic E-state index is -1.66. The number of hydrogen-bond acceptors (Lipinski definition) is 2. The van der Waals surface area contributed by atoms with Crippen LogP contribution in [-0.4, -0.2) is 12.5 Å². The molecule has 0 saturated carbocycles. The highest BCUT2D eigenvalue weighted by atomic mass is 35.5. The Kier molecular flexibility index (Phi) is 5.66. The lowest BCUT2D eigenvalue weighted by molar-refractivity contribution is -0.118. The minimum absolute atomic E-state index is 0.261. The lowest BCUT2D eigenvalue weighted by atomic mass is 10.1. The summed E-state index contributed by atoms with van der Waals surface area (Å²) in [5, 5.41) is 2.41. The first-order chi connectivity index (χ1) is 13.0. The molecule has 0 aliphatic carbocycles. The fourth-order valence-electron chi connectivity index (χ4n) is 2.38. The lowest BCUT2D eigenvalue weighted by Crippen LogP contribution is -2.21. The Hall–Kier alpha value is -2.99. The predicted octanol–water partition coefficient (Wildman–Crippen LogP) is 5.44. The topological polar surface area (TPSA) is 38.3 Å². The van der Waals surface area contributed by atoms with Gasteiger partial charge in [0.2, 0.25) is 0 Å². The average molecular weight is 392 g/mol. The molecule has 3 aromatic carbocycles. The Bertz CT molecular complexity index is 980. The summed E-state index contributed by atoms with van der Waals surface area (Å²) < 4.78 is 45.0. The van der Waals surface area contributed by atoms with E-state index in [0.29, 0.717) is 11.1 Å². The molecular formula is C20H13ClF3NO2. The molecule has 0 radical (unpaired) electrons. The molecule has 7 heteroatoms. The van der Waals surface area contributed by atoms with E-state index in [1.165, 1.54) is 0 Å². The van der Waals surface area contributed by atoms with Gasteiger partial charge in [0.25, 0.3) is 5.91 Å². The van der Waals surface area contributed by atoms with Crippen LogP contribution in [-0.2, 0) is 4.79 Å². The average Bonchev–Trinajstić information content (AvgIpc) is 2.68. The van der Waals surface area contributed by atoms with Crippen LogP contribution < -0.4 is 10.1 Å². The zero-order valence-corrected chi connectivity index (χ0v) is 14.6. The number of rotatable bonds is 5. The lowest BCUT2D eigenvalue weighted by Gasteiger charge is -2.11. The van der Waals surface area contributed by atoms with Crippen LogP contribution in [0.5, 0.6) is 5.75 Å². The number of carbonyl (C=O) groups excluding carboxylic acids is 1. The van der Waals surface area contributed by atoms with E-state index in [1.807, 2.05) is 30.3 Å². The van der Waals surface area contributed by atoms with E-state index >= 15 is 0 Å². The van der Waals surface area contributed by atoms with Gasteiger partial charge in [-0.25, -0.2) is 13.2 Å². The highest BCUT2D eigenvalue weighted by Crippen LogP contribution is 2.30. The second-order valence-corrected chi connectivity index (χ2v) is 5.98. The standard InChI is InChI=1S/C20H13ClF3NO2/c21-14-10-13(12-4-2-1-3-5-12)6-9-17(14)27-11-18(26)25-16-8-7-15(22)19(23)20(16)24/h1-10H,11H2,(H,25,26). The van der Waals surface area contributed by atoms with Gasteiger partial charge in [0.1, 0.15) is 5.75 Å². The Balaban J connectivity index is 1.65. The van der Waals surface area contributed by atoms with Crippen molar-refractivity contribution < 1.29 is 22.7 Å². The molecule has 138 valence electrons.